The molecular weight excluding hydrogens is 436 g/mol. The van der Waals surface area contributed by atoms with Gasteiger partial charge in [-0.2, -0.15) is 0 Å². The molecule has 0 aliphatic rings. The van der Waals surface area contributed by atoms with E-state index in [2.05, 4.69) is 5.32 Å². The number of carboxylic acids is 1. The van der Waals surface area contributed by atoms with Crippen molar-refractivity contribution in [2.24, 2.45) is 0 Å². The molecule has 0 fully saturated rings. The van der Waals surface area contributed by atoms with E-state index in [1.165, 1.54) is 36.4 Å². The Morgan fingerprint density at radius 1 is 0.912 bits per heavy atom. The molecule has 0 aliphatic carbocycles. The van der Waals surface area contributed by atoms with E-state index < -0.39 is 17.7 Å². The minimum atomic E-state index is -1.05. The summed E-state index contributed by atoms with van der Waals surface area (Å²) in [5, 5.41) is 13.4. The van der Waals surface area contributed by atoms with Gasteiger partial charge in [0.05, 0.1) is 5.69 Å². The van der Waals surface area contributed by atoms with Crippen LogP contribution in [-0.2, 0) is 4.79 Å². The third-order valence-corrected chi connectivity index (χ3v) is 5.52. The van der Waals surface area contributed by atoms with Crippen LogP contribution >= 0.6 is 0 Å². The van der Waals surface area contributed by atoms with Crippen LogP contribution in [0.15, 0.2) is 84.4 Å². The number of carbonyl (C=O) groups excluding carboxylic acids is 1. The number of anilines is 1. The Bertz CT molecular complexity index is 1430. The average molecular weight is 457 g/mol. The van der Waals surface area contributed by atoms with Crippen LogP contribution in [0.2, 0.25) is 0 Å². The lowest BCUT2D eigenvalue weighted by atomic mass is 9.96. The van der Waals surface area contributed by atoms with Crippen LogP contribution in [-0.4, -0.2) is 17.0 Å². The summed E-state index contributed by atoms with van der Waals surface area (Å²) in [6.07, 6.45) is 1.75. The number of carboxylic acid groups (broad SMARTS) is 1. The van der Waals surface area contributed by atoms with Gasteiger partial charge in [0.15, 0.2) is 0 Å². The van der Waals surface area contributed by atoms with E-state index in [9.17, 15) is 23.5 Å². The molecule has 0 radical (unpaired) electrons. The quantitative estimate of drug-likeness (QED) is 0.309. The fourth-order valence-electron chi connectivity index (χ4n) is 3.74. The number of aliphatic carboxylic acids is 1. The van der Waals surface area contributed by atoms with Crippen molar-refractivity contribution in [3.05, 3.63) is 107 Å². The van der Waals surface area contributed by atoms with E-state index in [-0.39, 0.29) is 17.1 Å². The van der Waals surface area contributed by atoms with Crippen LogP contribution in [0.5, 0.6) is 0 Å². The van der Waals surface area contributed by atoms with Gasteiger partial charge in [0.1, 0.15) is 11.6 Å². The van der Waals surface area contributed by atoms with E-state index in [4.69, 9.17) is 0 Å². The molecular formula is C28H21F2NO3. The van der Waals surface area contributed by atoms with Gasteiger partial charge in [-0.3, -0.25) is 4.79 Å². The fourth-order valence-corrected chi connectivity index (χ4v) is 3.74. The lowest BCUT2D eigenvalue weighted by Crippen LogP contribution is -2.14. The van der Waals surface area contributed by atoms with Gasteiger partial charge in [-0.1, -0.05) is 49.4 Å². The first kappa shape index (κ1) is 22.9. The highest BCUT2D eigenvalue weighted by Crippen LogP contribution is 2.29. The van der Waals surface area contributed by atoms with Gasteiger partial charge >= 0.3 is 5.97 Å². The van der Waals surface area contributed by atoms with Gasteiger partial charge in [0, 0.05) is 11.1 Å². The minimum Gasteiger partial charge on any atom is -0.478 e. The maximum absolute atomic E-state index is 14.5. The molecule has 0 saturated heterocycles. The zero-order valence-electron chi connectivity index (χ0n) is 18.3. The van der Waals surface area contributed by atoms with Crippen molar-refractivity contribution in [1.29, 1.82) is 0 Å². The van der Waals surface area contributed by atoms with E-state index in [1.54, 1.807) is 37.3 Å². The second-order valence-corrected chi connectivity index (χ2v) is 7.77. The second kappa shape index (κ2) is 9.67. The molecule has 1 amide bonds. The van der Waals surface area contributed by atoms with E-state index in [1.807, 2.05) is 18.2 Å². The largest absolute Gasteiger partial charge is 0.478 e. The Hall–Kier alpha value is -4.32. The van der Waals surface area contributed by atoms with Crippen LogP contribution in [0, 0.1) is 11.6 Å². The first-order valence-electron chi connectivity index (χ1n) is 10.7. The average Bonchev–Trinajstić information content (AvgIpc) is 2.83. The number of hydrogen-bond acceptors (Lipinski definition) is 2. The van der Waals surface area contributed by atoms with Crippen molar-refractivity contribution < 1.29 is 23.5 Å². The number of fused-ring (bicyclic) bond motifs is 1. The van der Waals surface area contributed by atoms with Crippen LogP contribution in [0.1, 0.15) is 29.3 Å². The van der Waals surface area contributed by atoms with Gasteiger partial charge in [-0.25, -0.2) is 13.6 Å². The molecule has 0 heterocycles. The number of halogens is 2. The van der Waals surface area contributed by atoms with Crippen LogP contribution in [0.3, 0.4) is 0 Å². The molecule has 4 rings (SSSR count). The Balaban J connectivity index is 1.74. The summed E-state index contributed by atoms with van der Waals surface area (Å²) in [4.78, 5) is 24.6. The van der Waals surface area contributed by atoms with E-state index >= 15 is 0 Å². The van der Waals surface area contributed by atoms with Crippen LogP contribution in [0.25, 0.3) is 28.0 Å². The zero-order chi connectivity index (χ0) is 24.2. The molecule has 34 heavy (non-hydrogen) atoms. The maximum Gasteiger partial charge on any atom is 0.331 e. The first-order chi connectivity index (χ1) is 16.4. The van der Waals surface area contributed by atoms with E-state index in [0.717, 1.165) is 16.5 Å². The summed E-state index contributed by atoms with van der Waals surface area (Å²) in [6, 6.07) is 20.9. The van der Waals surface area contributed by atoms with Crippen molar-refractivity contribution in [2.75, 3.05) is 5.32 Å². The second-order valence-electron chi connectivity index (χ2n) is 7.77. The van der Waals surface area contributed by atoms with E-state index in [0.29, 0.717) is 22.9 Å². The molecule has 4 aromatic carbocycles. The molecule has 0 saturated carbocycles. The smallest absolute Gasteiger partial charge is 0.331 e. The Labute approximate surface area is 195 Å². The normalized spacial score (nSPS) is 11.4. The topological polar surface area (TPSA) is 66.4 Å². The highest BCUT2D eigenvalue weighted by atomic mass is 19.1. The molecule has 4 nitrogen and oxygen atoms in total. The number of hydrogen-bond donors (Lipinski definition) is 2. The van der Waals surface area contributed by atoms with Gasteiger partial charge in [-0.15, -0.1) is 0 Å². The first-order valence-corrected chi connectivity index (χ1v) is 10.7. The lowest BCUT2D eigenvalue weighted by Gasteiger charge is -2.12. The molecule has 6 heteroatoms. The molecule has 4 aromatic rings. The number of nitrogens with one attached hydrogen (secondary N) is 1. The van der Waals surface area contributed by atoms with Gasteiger partial charge in [0.25, 0.3) is 5.91 Å². The Morgan fingerprint density at radius 2 is 1.65 bits per heavy atom. The number of rotatable bonds is 6. The SMILES string of the molecule is CCC(=Cc1ccc(F)c(NC(=O)c2cc(-c3ccc(F)cc3)cc3ccccc23)c1)C(=O)O. The molecule has 0 atom stereocenters. The van der Waals surface area contributed by atoms with Crippen molar-refractivity contribution in [1.82, 2.24) is 0 Å². The highest BCUT2D eigenvalue weighted by molar-refractivity contribution is 6.14. The summed E-state index contributed by atoms with van der Waals surface area (Å²) in [6.45, 7) is 1.71. The molecule has 0 spiro atoms. The number of carbonyl (C=O) groups is 2. The molecule has 0 aromatic heterocycles. The summed E-state index contributed by atoms with van der Waals surface area (Å²) in [5.41, 5.74) is 2.35. The minimum absolute atomic E-state index is 0.0594. The van der Waals surface area contributed by atoms with Crippen molar-refractivity contribution in [2.45, 2.75) is 13.3 Å². The third kappa shape index (κ3) is 4.86. The lowest BCUT2D eigenvalue weighted by molar-refractivity contribution is -0.132. The monoisotopic (exact) mass is 457 g/mol. The number of amides is 1. The fraction of sp³-hybridized carbons (Fsp3) is 0.0714. The summed E-state index contributed by atoms with van der Waals surface area (Å²) >= 11 is 0. The highest BCUT2D eigenvalue weighted by Gasteiger charge is 2.15. The van der Waals surface area contributed by atoms with Gasteiger partial charge in [-0.05, 0) is 76.4 Å². The van der Waals surface area contributed by atoms with Crippen molar-refractivity contribution in [3.8, 4) is 11.1 Å². The summed E-state index contributed by atoms with van der Waals surface area (Å²) < 4.78 is 27.9. The van der Waals surface area contributed by atoms with Crippen LogP contribution in [0.4, 0.5) is 14.5 Å². The molecule has 2 N–H and O–H groups in total. The molecule has 170 valence electrons. The Morgan fingerprint density at radius 3 is 2.35 bits per heavy atom. The maximum atomic E-state index is 14.5. The molecule has 0 aliphatic heterocycles. The summed E-state index contributed by atoms with van der Waals surface area (Å²) in [7, 11) is 0. The van der Waals surface area contributed by atoms with Gasteiger partial charge < -0.3 is 10.4 Å². The summed E-state index contributed by atoms with van der Waals surface area (Å²) in [5.74, 6) is -2.57. The predicted molar refractivity (Wildman–Crippen MR) is 130 cm³/mol. The molecule has 0 bridgehead atoms. The standard InChI is InChI=1S/C28H21F2NO3/c1-2-18(28(33)34)13-17-7-12-25(30)26(14-17)31-27(32)24-16-21(19-8-10-22(29)11-9-19)15-20-5-3-4-6-23(20)24/h3-16H,2H2,1H3,(H,31,32)(H,33,34). The Kier molecular flexibility index (Phi) is 6.50. The van der Waals surface area contributed by atoms with Crippen molar-refractivity contribution in [3.63, 3.8) is 0 Å². The van der Waals surface area contributed by atoms with Crippen LogP contribution < -0.4 is 5.32 Å². The zero-order valence-corrected chi connectivity index (χ0v) is 18.3. The van der Waals surface area contributed by atoms with Gasteiger partial charge in [0.2, 0.25) is 0 Å². The predicted octanol–water partition coefficient (Wildman–Crippen LogP) is 6.92. The number of benzene rings is 4. The molecule has 0 unspecified atom stereocenters. The third-order valence-electron chi connectivity index (χ3n) is 5.52. The van der Waals surface area contributed by atoms with Crippen molar-refractivity contribution >= 4 is 34.4 Å².